The Labute approximate surface area is 86.0 Å². The first-order valence-corrected chi connectivity index (χ1v) is 5.07. The van der Waals surface area contributed by atoms with Gasteiger partial charge in [0, 0.05) is 0 Å². The van der Waals surface area contributed by atoms with Gasteiger partial charge >= 0.3 is 0 Å². The predicted octanol–water partition coefficient (Wildman–Crippen LogP) is 2.06. The van der Waals surface area contributed by atoms with Crippen molar-refractivity contribution in [1.82, 2.24) is 5.32 Å². The van der Waals surface area contributed by atoms with Gasteiger partial charge in [-0.05, 0) is 24.1 Å². The summed E-state index contributed by atoms with van der Waals surface area (Å²) in [5, 5.41) is 12.2. The monoisotopic (exact) mass is 193 g/mol. The highest BCUT2D eigenvalue weighted by atomic mass is 16.3. The van der Waals surface area contributed by atoms with Crippen LogP contribution in [0.25, 0.3) is 0 Å². The molecule has 78 valence electrons. The minimum Gasteiger partial charge on any atom is -0.394 e. The molecule has 2 nitrogen and oxygen atoms in total. The van der Waals surface area contributed by atoms with Crippen molar-refractivity contribution in [2.24, 2.45) is 0 Å². The first-order chi connectivity index (χ1) is 6.69. The molecular weight excluding hydrogens is 174 g/mol. The van der Waals surface area contributed by atoms with Gasteiger partial charge in [-0.25, -0.2) is 0 Å². The second kappa shape index (κ2) is 5.13. The molecule has 0 amide bonds. The maximum atomic E-state index is 9.10. The van der Waals surface area contributed by atoms with E-state index in [-0.39, 0.29) is 12.6 Å². The topological polar surface area (TPSA) is 32.3 Å². The van der Waals surface area contributed by atoms with Crippen molar-refractivity contribution in [2.45, 2.75) is 25.8 Å². The van der Waals surface area contributed by atoms with Crippen LogP contribution >= 0.6 is 0 Å². The molecule has 0 aromatic heterocycles. The first-order valence-electron chi connectivity index (χ1n) is 5.07. The lowest BCUT2D eigenvalue weighted by molar-refractivity contribution is 0.251. The zero-order valence-electron chi connectivity index (χ0n) is 9.12. The summed E-state index contributed by atoms with van der Waals surface area (Å²) in [6, 6.07) is 8.45. The fourth-order valence-electron chi connectivity index (χ4n) is 1.48. The van der Waals surface area contributed by atoms with Crippen LogP contribution in [0.3, 0.4) is 0 Å². The summed E-state index contributed by atoms with van der Waals surface area (Å²) in [6.07, 6.45) is 0. The maximum absolute atomic E-state index is 9.10. The van der Waals surface area contributed by atoms with E-state index < -0.39 is 0 Å². The standard InChI is InChI=1S/C12H19NO/c1-9(2)10-4-6-11(7-5-10)12(8-14)13-3/h4-7,9,12-14H,8H2,1-3H3/t12-/m1/s1. The van der Waals surface area contributed by atoms with E-state index in [0.717, 1.165) is 5.56 Å². The Balaban J connectivity index is 2.81. The molecule has 0 aliphatic rings. The number of aliphatic hydroxyl groups is 1. The van der Waals surface area contributed by atoms with Gasteiger partial charge in [0.15, 0.2) is 0 Å². The number of hydrogen-bond donors (Lipinski definition) is 2. The Hall–Kier alpha value is -0.860. The van der Waals surface area contributed by atoms with Crippen molar-refractivity contribution in [3.05, 3.63) is 35.4 Å². The average molecular weight is 193 g/mol. The second-order valence-electron chi connectivity index (χ2n) is 3.85. The third-order valence-corrected chi connectivity index (χ3v) is 2.54. The SMILES string of the molecule is CN[C@H](CO)c1ccc(C(C)C)cc1. The van der Waals surface area contributed by atoms with Crippen LogP contribution in [-0.4, -0.2) is 18.8 Å². The summed E-state index contributed by atoms with van der Waals surface area (Å²) in [7, 11) is 1.86. The van der Waals surface area contributed by atoms with Crippen molar-refractivity contribution in [3.8, 4) is 0 Å². The molecule has 2 N–H and O–H groups in total. The van der Waals surface area contributed by atoms with Gasteiger partial charge in [0.1, 0.15) is 0 Å². The van der Waals surface area contributed by atoms with E-state index in [0.29, 0.717) is 5.92 Å². The minimum atomic E-state index is 0.0520. The van der Waals surface area contributed by atoms with Gasteiger partial charge in [-0.15, -0.1) is 0 Å². The maximum Gasteiger partial charge on any atom is 0.0626 e. The lowest BCUT2D eigenvalue weighted by Gasteiger charge is -2.14. The normalized spacial score (nSPS) is 13.2. The molecule has 0 saturated carbocycles. The molecule has 0 radical (unpaired) electrons. The van der Waals surface area contributed by atoms with Crippen molar-refractivity contribution in [2.75, 3.05) is 13.7 Å². The van der Waals surface area contributed by atoms with Gasteiger partial charge in [-0.1, -0.05) is 38.1 Å². The zero-order chi connectivity index (χ0) is 10.6. The zero-order valence-corrected chi connectivity index (χ0v) is 9.12. The number of aliphatic hydroxyl groups excluding tert-OH is 1. The van der Waals surface area contributed by atoms with Crippen LogP contribution in [0.5, 0.6) is 0 Å². The lowest BCUT2D eigenvalue weighted by atomic mass is 9.99. The van der Waals surface area contributed by atoms with Crippen LogP contribution in [0.15, 0.2) is 24.3 Å². The number of rotatable bonds is 4. The largest absolute Gasteiger partial charge is 0.394 e. The van der Waals surface area contributed by atoms with E-state index in [9.17, 15) is 0 Å². The van der Waals surface area contributed by atoms with Gasteiger partial charge in [0.25, 0.3) is 0 Å². The van der Waals surface area contributed by atoms with Crippen molar-refractivity contribution < 1.29 is 5.11 Å². The minimum absolute atomic E-state index is 0.0520. The fraction of sp³-hybridized carbons (Fsp3) is 0.500. The molecule has 0 aliphatic carbocycles. The van der Waals surface area contributed by atoms with Crippen LogP contribution in [0.4, 0.5) is 0 Å². The molecule has 1 atom stereocenters. The van der Waals surface area contributed by atoms with E-state index in [1.807, 2.05) is 7.05 Å². The van der Waals surface area contributed by atoms with Crippen molar-refractivity contribution in [1.29, 1.82) is 0 Å². The van der Waals surface area contributed by atoms with Gasteiger partial charge in [0.05, 0.1) is 12.6 Å². The van der Waals surface area contributed by atoms with Gasteiger partial charge < -0.3 is 10.4 Å². The van der Waals surface area contributed by atoms with Crippen LogP contribution in [-0.2, 0) is 0 Å². The molecule has 0 saturated heterocycles. The molecule has 0 spiro atoms. The van der Waals surface area contributed by atoms with E-state index in [1.165, 1.54) is 5.56 Å². The highest BCUT2D eigenvalue weighted by Crippen LogP contribution is 2.18. The van der Waals surface area contributed by atoms with Crippen molar-refractivity contribution >= 4 is 0 Å². The Morgan fingerprint density at radius 2 is 1.64 bits per heavy atom. The van der Waals surface area contributed by atoms with E-state index in [4.69, 9.17) is 5.11 Å². The van der Waals surface area contributed by atoms with Gasteiger partial charge in [-0.3, -0.25) is 0 Å². The molecule has 0 unspecified atom stereocenters. The summed E-state index contributed by atoms with van der Waals surface area (Å²) in [6.45, 7) is 4.49. The van der Waals surface area contributed by atoms with Gasteiger partial charge in [-0.2, -0.15) is 0 Å². The third-order valence-electron chi connectivity index (χ3n) is 2.54. The highest BCUT2D eigenvalue weighted by Gasteiger charge is 2.07. The first kappa shape index (κ1) is 11.2. The van der Waals surface area contributed by atoms with Crippen LogP contribution < -0.4 is 5.32 Å². The molecule has 0 fully saturated rings. The van der Waals surface area contributed by atoms with E-state index in [1.54, 1.807) is 0 Å². The van der Waals surface area contributed by atoms with E-state index >= 15 is 0 Å². The van der Waals surface area contributed by atoms with Gasteiger partial charge in [0.2, 0.25) is 0 Å². The Morgan fingerprint density at radius 1 is 1.14 bits per heavy atom. The molecule has 0 heterocycles. The lowest BCUT2D eigenvalue weighted by Crippen LogP contribution is -2.19. The summed E-state index contributed by atoms with van der Waals surface area (Å²) in [5.74, 6) is 0.561. The summed E-state index contributed by atoms with van der Waals surface area (Å²) in [4.78, 5) is 0. The predicted molar refractivity (Wildman–Crippen MR) is 59.4 cm³/mol. The number of likely N-dealkylation sites (N-methyl/N-ethyl adjacent to an activating group) is 1. The Morgan fingerprint density at radius 3 is 2.00 bits per heavy atom. The smallest absolute Gasteiger partial charge is 0.0626 e. The summed E-state index contributed by atoms with van der Waals surface area (Å²) >= 11 is 0. The molecule has 0 bridgehead atoms. The molecule has 14 heavy (non-hydrogen) atoms. The Kier molecular flexibility index (Phi) is 4.11. The molecule has 1 rings (SSSR count). The van der Waals surface area contributed by atoms with Crippen LogP contribution in [0.1, 0.15) is 36.9 Å². The van der Waals surface area contributed by atoms with Crippen LogP contribution in [0, 0.1) is 0 Å². The average Bonchev–Trinajstić information content (AvgIpc) is 2.20. The van der Waals surface area contributed by atoms with Crippen molar-refractivity contribution in [3.63, 3.8) is 0 Å². The highest BCUT2D eigenvalue weighted by molar-refractivity contribution is 5.26. The van der Waals surface area contributed by atoms with Crippen LogP contribution in [0.2, 0.25) is 0 Å². The molecule has 0 aliphatic heterocycles. The molecule has 2 heteroatoms. The number of nitrogens with one attached hydrogen (secondary N) is 1. The molecule has 1 aromatic rings. The fourth-order valence-corrected chi connectivity index (χ4v) is 1.48. The molecule has 1 aromatic carbocycles. The number of benzene rings is 1. The Bertz CT molecular complexity index is 262. The summed E-state index contributed by atoms with van der Waals surface area (Å²) in [5.41, 5.74) is 2.47. The third kappa shape index (κ3) is 2.56. The summed E-state index contributed by atoms with van der Waals surface area (Å²) < 4.78 is 0. The molecular formula is C12H19NO. The second-order valence-corrected chi connectivity index (χ2v) is 3.85. The van der Waals surface area contributed by atoms with E-state index in [2.05, 4.69) is 43.4 Å². The quantitative estimate of drug-likeness (QED) is 0.767. The number of hydrogen-bond acceptors (Lipinski definition) is 2.